The van der Waals surface area contributed by atoms with Crippen LogP contribution in [0.4, 0.5) is 8.78 Å². The lowest BCUT2D eigenvalue weighted by Crippen LogP contribution is -1.98. The highest BCUT2D eigenvalue weighted by atomic mass is 79.9. The van der Waals surface area contributed by atoms with Crippen molar-refractivity contribution >= 4 is 27.5 Å². The Morgan fingerprint density at radius 2 is 2.00 bits per heavy atom. The van der Waals surface area contributed by atoms with Crippen molar-refractivity contribution in [2.75, 3.05) is 0 Å². The fraction of sp³-hybridized carbons (Fsp3) is 0.286. The molecule has 0 atom stereocenters. The van der Waals surface area contributed by atoms with Crippen LogP contribution in [0.3, 0.4) is 0 Å². The molecule has 0 saturated heterocycles. The zero-order valence-corrected chi connectivity index (χ0v) is 12.6. The lowest BCUT2D eigenvalue weighted by molar-refractivity contribution is 0.151. The molecule has 104 valence electrons. The number of hydrogen-bond acceptors (Lipinski definition) is 2. The lowest BCUT2D eigenvalue weighted by atomic mass is 10.1. The second kappa shape index (κ2) is 5.37. The SMILES string of the molecule is FC(F)c1cccc(-c2nc(Cl)c(Br)c(C3CC3)n2)c1. The van der Waals surface area contributed by atoms with Gasteiger partial charge in [0.25, 0.3) is 6.43 Å². The summed E-state index contributed by atoms with van der Waals surface area (Å²) in [5.74, 6) is 0.782. The standard InChI is InChI=1S/C14H10BrClF2N2/c15-10-11(7-4-5-7)19-14(20-12(10)16)9-3-1-2-8(6-9)13(17)18/h1-3,6-7,13H,4-5H2. The highest BCUT2D eigenvalue weighted by Crippen LogP contribution is 2.44. The third kappa shape index (κ3) is 2.69. The van der Waals surface area contributed by atoms with E-state index in [1.165, 1.54) is 12.1 Å². The van der Waals surface area contributed by atoms with Crippen LogP contribution in [0, 0.1) is 0 Å². The summed E-state index contributed by atoms with van der Waals surface area (Å²) in [5, 5.41) is 0.319. The second-order valence-electron chi connectivity index (χ2n) is 4.74. The van der Waals surface area contributed by atoms with E-state index in [4.69, 9.17) is 11.6 Å². The van der Waals surface area contributed by atoms with E-state index >= 15 is 0 Å². The Bertz CT molecular complexity index is 660. The molecule has 1 heterocycles. The van der Waals surface area contributed by atoms with Crippen LogP contribution in [0.15, 0.2) is 28.7 Å². The van der Waals surface area contributed by atoms with Crippen LogP contribution in [0.1, 0.15) is 36.4 Å². The maximum absolute atomic E-state index is 12.7. The topological polar surface area (TPSA) is 25.8 Å². The average molecular weight is 360 g/mol. The molecule has 2 aromatic rings. The van der Waals surface area contributed by atoms with E-state index in [0.717, 1.165) is 18.5 Å². The van der Waals surface area contributed by atoms with E-state index in [9.17, 15) is 8.78 Å². The molecule has 0 unspecified atom stereocenters. The van der Waals surface area contributed by atoms with Crippen molar-refractivity contribution in [3.05, 3.63) is 45.1 Å². The van der Waals surface area contributed by atoms with Gasteiger partial charge in [-0.1, -0.05) is 29.8 Å². The largest absolute Gasteiger partial charge is 0.263 e. The summed E-state index contributed by atoms with van der Waals surface area (Å²) in [5.41, 5.74) is 1.37. The molecule has 1 aliphatic carbocycles. The molecule has 0 N–H and O–H groups in total. The van der Waals surface area contributed by atoms with Crippen LogP contribution in [0.2, 0.25) is 5.15 Å². The molecule has 0 bridgehead atoms. The summed E-state index contributed by atoms with van der Waals surface area (Å²) < 4.78 is 26.2. The fourth-order valence-electron chi connectivity index (χ4n) is 2.01. The molecular weight excluding hydrogens is 350 g/mol. The Morgan fingerprint density at radius 1 is 1.25 bits per heavy atom. The molecule has 1 fully saturated rings. The first-order chi connectivity index (χ1) is 9.56. The van der Waals surface area contributed by atoms with E-state index in [0.29, 0.717) is 26.9 Å². The Hall–Kier alpha value is -1.07. The Labute approximate surface area is 128 Å². The maximum Gasteiger partial charge on any atom is 0.263 e. The monoisotopic (exact) mass is 358 g/mol. The van der Waals surface area contributed by atoms with Gasteiger partial charge in [-0.05, 0) is 34.8 Å². The van der Waals surface area contributed by atoms with Crippen molar-refractivity contribution in [2.45, 2.75) is 25.2 Å². The molecule has 20 heavy (non-hydrogen) atoms. The molecule has 3 rings (SSSR count). The Kier molecular flexibility index (Phi) is 3.73. The zero-order valence-electron chi connectivity index (χ0n) is 10.3. The molecule has 1 aromatic carbocycles. The van der Waals surface area contributed by atoms with Crippen molar-refractivity contribution in [3.8, 4) is 11.4 Å². The summed E-state index contributed by atoms with van der Waals surface area (Å²) in [6.45, 7) is 0. The first-order valence-corrected chi connectivity index (χ1v) is 7.35. The summed E-state index contributed by atoms with van der Waals surface area (Å²) in [4.78, 5) is 8.66. The number of nitrogens with zero attached hydrogens (tertiary/aromatic N) is 2. The van der Waals surface area contributed by atoms with Gasteiger partial charge in [0, 0.05) is 17.0 Å². The van der Waals surface area contributed by atoms with E-state index in [1.807, 2.05) is 0 Å². The predicted molar refractivity (Wildman–Crippen MR) is 77.1 cm³/mol. The average Bonchev–Trinajstić information content (AvgIpc) is 3.26. The molecule has 0 amide bonds. The zero-order chi connectivity index (χ0) is 14.3. The van der Waals surface area contributed by atoms with E-state index in [2.05, 4.69) is 25.9 Å². The number of rotatable bonds is 3. The van der Waals surface area contributed by atoms with Crippen LogP contribution in [0.25, 0.3) is 11.4 Å². The molecule has 6 heteroatoms. The summed E-state index contributed by atoms with van der Waals surface area (Å²) in [6, 6.07) is 6.08. The van der Waals surface area contributed by atoms with Crippen molar-refractivity contribution in [1.82, 2.24) is 9.97 Å². The van der Waals surface area contributed by atoms with Gasteiger partial charge in [-0.15, -0.1) is 0 Å². The maximum atomic E-state index is 12.7. The van der Waals surface area contributed by atoms with Gasteiger partial charge in [0.15, 0.2) is 5.82 Å². The van der Waals surface area contributed by atoms with Crippen LogP contribution >= 0.6 is 27.5 Å². The van der Waals surface area contributed by atoms with Gasteiger partial charge in [0.1, 0.15) is 5.15 Å². The van der Waals surface area contributed by atoms with Crippen molar-refractivity contribution in [3.63, 3.8) is 0 Å². The molecule has 2 nitrogen and oxygen atoms in total. The van der Waals surface area contributed by atoms with Crippen LogP contribution < -0.4 is 0 Å². The van der Waals surface area contributed by atoms with Gasteiger partial charge < -0.3 is 0 Å². The number of aromatic nitrogens is 2. The van der Waals surface area contributed by atoms with Crippen LogP contribution in [0.5, 0.6) is 0 Å². The minimum absolute atomic E-state index is 0.0434. The van der Waals surface area contributed by atoms with Gasteiger partial charge in [-0.25, -0.2) is 18.7 Å². The summed E-state index contributed by atoms with van der Waals surface area (Å²) in [6.07, 6.45) is -0.367. The third-order valence-corrected chi connectivity index (χ3v) is 4.48. The smallest absolute Gasteiger partial charge is 0.231 e. The normalized spacial score (nSPS) is 14.8. The van der Waals surface area contributed by atoms with Gasteiger partial charge in [0.05, 0.1) is 10.2 Å². The lowest BCUT2D eigenvalue weighted by Gasteiger charge is -2.08. The van der Waals surface area contributed by atoms with Crippen molar-refractivity contribution in [1.29, 1.82) is 0 Å². The second-order valence-corrected chi connectivity index (χ2v) is 5.89. The van der Waals surface area contributed by atoms with Crippen LogP contribution in [-0.2, 0) is 0 Å². The number of halogens is 4. The van der Waals surface area contributed by atoms with Gasteiger partial charge in [-0.3, -0.25) is 0 Å². The Balaban J connectivity index is 2.07. The molecule has 1 saturated carbocycles. The third-order valence-electron chi connectivity index (χ3n) is 3.20. The number of alkyl halides is 2. The summed E-state index contributed by atoms with van der Waals surface area (Å²) >= 11 is 9.49. The van der Waals surface area contributed by atoms with Crippen molar-refractivity contribution in [2.24, 2.45) is 0 Å². The van der Waals surface area contributed by atoms with E-state index in [1.54, 1.807) is 12.1 Å². The van der Waals surface area contributed by atoms with Crippen molar-refractivity contribution < 1.29 is 8.78 Å². The molecule has 0 aliphatic heterocycles. The molecule has 0 spiro atoms. The minimum Gasteiger partial charge on any atom is -0.231 e. The Morgan fingerprint density at radius 3 is 2.65 bits per heavy atom. The molecule has 1 aliphatic rings. The predicted octanol–water partition coefficient (Wildman–Crippen LogP) is 5.37. The highest BCUT2D eigenvalue weighted by molar-refractivity contribution is 9.10. The van der Waals surface area contributed by atoms with Crippen LogP contribution in [-0.4, -0.2) is 9.97 Å². The number of hydrogen-bond donors (Lipinski definition) is 0. The van der Waals surface area contributed by atoms with E-state index in [-0.39, 0.29) is 5.56 Å². The van der Waals surface area contributed by atoms with Gasteiger partial charge in [0.2, 0.25) is 0 Å². The minimum atomic E-state index is -2.51. The molecule has 0 radical (unpaired) electrons. The van der Waals surface area contributed by atoms with Gasteiger partial charge >= 0.3 is 0 Å². The van der Waals surface area contributed by atoms with Gasteiger partial charge in [-0.2, -0.15) is 0 Å². The quantitative estimate of drug-likeness (QED) is 0.688. The first-order valence-electron chi connectivity index (χ1n) is 6.17. The molecular formula is C14H10BrClF2N2. The fourth-order valence-corrected chi connectivity index (χ4v) is 2.68. The van der Waals surface area contributed by atoms with E-state index < -0.39 is 6.43 Å². The highest BCUT2D eigenvalue weighted by Gasteiger charge is 2.29. The summed E-state index contributed by atoms with van der Waals surface area (Å²) in [7, 11) is 0. The number of benzene rings is 1. The molecule has 1 aromatic heterocycles. The first kappa shape index (κ1) is 13.9.